The van der Waals surface area contributed by atoms with Gasteiger partial charge < -0.3 is 8.83 Å². The Bertz CT molecular complexity index is 1880. The molecule has 66 heavy (non-hydrogen) atoms. The lowest BCUT2D eigenvalue weighted by Gasteiger charge is -2.02. The summed E-state index contributed by atoms with van der Waals surface area (Å²) in [7, 11) is 0. The molecule has 0 N–H and O–H groups in total. The zero-order chi connectivity index (χ0) is 49.3. The van der Waals surface area contributed by atoms with Crippen molar-refractivity contribution in [3.63, 3.8) is 0 Å². The maximum atomic E-state index is 5.09. The van der Waals surface area contributed by atoms with Crippen LogP contribution in [0.2, 0.25) is 0 Å². The molecule has 6 aromatic rings. The molecule has 0 unspecified atom stereocenters. The molecule has 2 aliphatic rings. The van der Waals surface area contributed by atoms with Crippen molar-refractivity contribution >= 4 is 22.7 Å². The van der Waals surface area contributed by atoms with E-state index in [2.05, 4.69) is 211 Å². The summed E-state index contributed by atoms with van der Waals surface area (Å²) in [4.78, 5) is 5.66. The van der Waals surface area contributed by atoms with Crippen LogP contribution in [0.5, 0.6) is 0 Å². The second-order valence-corrected chi connectivity index (χ2v) is 20.5. The summed E-state index contributed by atoms with van der Waals surface area (Å²) in [6.07, 6.45) is 22.6. The standard InChI is InChI=1S/C9H12.C8H11N.2C8H12.2C7H10O.2C7H10S/c1-8(2)9-6-4-3-5-7-9;1-7(2)8-5-3-4-6-9-8;2*1-7(2)8-5-3-4-6-8;1-6(2)7-3-4-8-5-7;1-6(2)7-4-3-5-8-7;1-6(2)7-3-4-8-5-7;1-6(2)7-4-3-5-8-7/h3-8H,1-2H3;3-7H,1-2H3;3,5-7H,4H2,1-2H3;3-5,7H,6H2,1-2H3;4*3-6H,1-2H3. The molecule has 5 aromatic heterocycles. The Morgan fingerprint density at radius 1 is 0.530 bits per heavy atom. The van der Waals surface area contributed by atoms with Crippen molar-refractivity contribution in [1.82, 2.24) is 4.98 Å². The maximum Gasteiger partial charge on any atom is 0.106 e. The average Bonchev–Trinajstić information content (AvgIpc) is 4.17. The smallest absolute Gasteiger partial charge is 0.106 e. The third kappa shape index (κ3) is 27.7. The van der Waals surface area contributed by atoms with Gasteiger partial charge in [0, 0.05) is 22.7 Å². The lowest BCUT2D eigenvalue weighted by Crippen LogP contribution is -1.88. The van der Waals surface area contributed by atoms with Crippen molar-refractivity contribution in [2.45, 2.75) is 159 Å². The number of benzene rings is 1. The molecule has 3 nitrogen and oxygen atoms in total. The van der Waals surface area contributed by atoms with Gasteiger partial charge in [0.2, 0.25) is 0 Å². The first kappa shape index (κ1) is 59.3. The highest BCUT2D eigenvalue weighted by atomic mass is 32.1. The molecule has 0 saturated carbocycles. The van der Waals surface area contributed by atoms with E-state index < -0.39 is 0 Å². The molecular formula is C61H87NO2S2. The van der Waals surface area contributed by atoms with Gasteiger partial charge in [-0.15, -0.1) is 11.3 Å². The topological polar surface area (TPSA) is 39.2 Å². The molecule has 0 radical (unpaired) electrons. The Morgan fingerprint density at radius 3 is 1.48 bits per heavy atom. The third-order valence-electron chi connectivity index (χ3n) is 10.4. The predicted molar refractivity (Wildman–Crippen MR) is 295 cm³/mol. The van der Waals surface area contributed by atoms with Crippen molar-refractivity contribution in [2.24, 2.45) is 11.8 Å². The first-order valence-electron chi connectivity index (χ1n) is 24.2. The molecule has 360 valence electrons. The molecule has 5 heterocycles. The van der Waals surface area contributed by atoms with Crippen LogP contribution in [0.15, 0.2) is 182 Å². The van der Waals surface area contributed by atoms with E-state index in [1.54, 1.807) is 35.7 Å². The van der Waals surface area contributed by atoms with E-state index in [1.165, 1.54) is 33.6 Å². The summed E-state index contributed by atoms with van der Waals surface area (Å²) in [5.74, 6) is 6.23. The fourth-order valence-corrected chi connectivity index (χ4v) is 7.36. The van der Waals surface area contributed by atoms with Gasteiger partial charge in [-0.3, -0.25) is 4.98 Å². The predicted octanol–water partition coefficient (Wildman–Crippen LogP) is 20.6. The van der Waals surface area contributed by atoms with Crippen LogP contribution in [0.3, 0.4) is 0 Å². The Morgan fingerprint density at radius 2 is 1.21 bits per heavy atom. The minimum Gasteiger partial charge on any atom is -0.472 e. The summed E-state index contributed by atoms with van der Waals surface area (Å²) in [6, 6.07) is 28.9. The summed E-state index contributed by atoms with van der Waals surface area (Å²) in [5.41, 5.74) is 8.35. The number of hydrogen-bond acceptors (Lipinski definition) is 5. The van der Waals surface area contributed by atoms with Gasteiger partial charge in [0.15, 0.2) is 0 Å². The lowest BCUT2D eigenvalue weighted by molar-refractivity contribution is 0.487. The molecule has 8 rings (SSSR count). The minimum absolute atomic E-state index is 0.519. The number of thiophene rings is 2. The summed E-state index contributed by atoms with van der Waals surface area (Å²) < 4.78 is 9.97. The molecule has 2 aliphatic carbocycles. The van der Waals surface area contributed by atoms with Crippen molar-refractivity contribution in [3.05, 3.63) is 207 Å². The zero-order valence-corrected chi connectivity index (χ0v) is 45.3. The van der Waals surface area contributed by atoms with Crippen molar-refractivity contribution in [1.29, 1.82) is 0 Å². The van der Waals surface area contributed by atoms with E-state index >= 15 is 0 Å². The number of pyridine rings is 1. The Labute approximate surface area is 411 Å². The SMILES string of the molecule is CC(C)C1=CC=CC1.CC(C)C1=CCC=C1.CC(C)c1ccccc1.CC(C)c1ccccn1.CC(C)c1ccco1.CC(C)c1cccs1.CC(C)c1ccoc1.CC(C)c1ccsc1. The minimum atomic E-state index is 0.519. The lowest BCUT2D eigenvalue weighted by atomic mass is 10.0. The molecule has 5 heteroatoms. The summed E-state index contributed by atoms with van der Waals surface area (Å²) >= 11 is 3.60. The molecule has 0 fully saturated rings. The molecular weight excluding hydrogens is 843 g/mol. The highest BCUT2D eigenvalue weighted by molar-refractivity contribution is 7.10. The van der Waals surface area contributed by atoms with Gasteiger partial charge in [0.05, 0.1) is 18.8 Å². The van der Waals surface area contributed by atoms with Crippen LogP contribution >= 0.6 is 22.7 Å². The second kappa shape index (κ2) is 35.5. The maximum absolute atomic E-state index is 5.09. The number of allylic oxidation sites excluding steroid dienone is 8. The molecule has 0 aliphatic heterocycles. The first-order chi connectivity index (χ1) is 31.4. The monoisotopic (exact) mass is 930 g/mol. The number of aromatic nitrogens is 1. The number of nitrogens with zero attached hydrogens (tertiary/aromatic N) is 1. The molecule has 0 bridgehead atoms. The van der Waals surface area contributed by atoms with Crippen LogP contribution in [0.25, 0.3) is 0 Å². The molecule has 0 spiro atoms. The van der Waals surface area contributed by atoms with Crippen LogP contribution in [-0.2, 0) is 0 Å². The van der Waals surface area contributed by atoms with E-state index in [0.29, 0.717) is 41.4 Å². The normalized spacial score (nSPS) is 12.1. The largest absolute Gasteiger partial charge is 0.472 e. The van der Waals surface area contributed by atoms with E-state index in [1.807, 2.05) is 60.0 Å². The third-order valence-corrected chi connectivity index (χ3v) is 12.3. The van der Waals surface area contributed by atoms with Crippen molar-refractivity contribution in [3.8, 4) is 0 Å². The van der Waals surface area contributed by atoms with Crippen molar-refractivity contribution < 1.29 is 8.83 Å². The van der Waals surface area contributed by atoms with Crippen LogP contribution in [-0.4, -0.2) is 4.98 Å². The Kier molecular flexibility index (Phi) is 31.9. The van der Waals surface area contributed by atoms with Gasteiger partial charge in [-0.25, -0.2) is 0 Å². The number of furan rings is 2. The summed E-state index contributed by atoms with van der Waals surface area (Å²) in [5, 5.41) is 6.44. The van der Waals surface area contributed by atoms with Crippen LogP contribution in [0.1, 0.15) is 192 Å². The molecule has 0 saturated heterocycles. The van der Waals surface area contributed by atoms with E-state index in [0.717, 1.165) is 23.8 Å². The van der Waals surface area contributed by atoms with Crippen LogP contribution in [0.4, 0.5) is 0 Å². The fraction of sp³-hybridized carbons (Fsp3) is 0.426. The van der Waals surface area contributed by atoms with E-state index in [-0.39, 0.29) is 0 Å². The van der Waals surface area contributed by atoms with Gasteiger partial charge in [-0.2, -0.15) is 11.3 Å². The average molecular weight is 931 g/mol. The molecule has 0 amide bonds. The van der Waals surface area contributed by atoms with Crippen molar-refractivity contribution in [2.75, 3.05) is 0 Å². The van der Waals surface area contributed by atoms with E-state index in [9.17, 15) is 0 Å². The fourth-order valence-electron chi connectivity index (χ4n) is 5.80. The first-order valence-corrected chi connectivity index (χ1v) is 26.0. The van der Waals surface area contributed by atoms with Gasteiger partial charge in [0.25, 0.3) is 0 Å². The highest BCUT2D eigenvalue weighted by Gasteiger charge is 2.03. The Hall–Kier alpha value is -4.71. The van der Waals surface area contributed by atoms with E-state index in [4.69, 9.17) is 8.83 Å². The molecule has 0 atom stereocenters. The quantitative estimate of drug-likeness (QED) is 0.153. The zero-order valence-electron chi connectivity index (χ0n) is 43.7. The van der Waals surface area contributed by atoms with Gasteiger partial charge in [-0.05, 0) is 135 Å². The molecule has 1 aromatic carbocycles. The Balaban J connectivity index is 0.000000377. The summed E-state index contributed by atoms with van der Waals surface area (Å²) in [6.45, 7) is 35.0. The van der Waals surface area contributed by atoms with Crippen LogP contribution < -0.4 is 0 Å². The van der Waals surface area contributed by atoms with Crippen LogP contribution in [0, 0.1) is 11.8 Å². The van der Waals surface area contributed by atoms with Gasteiger partial charge in [-0.1, -0.05) is 195 Å². The second-order valence-electron chi connectivity index (χ2n) is 18.8. The number of hydrogen-bond donors (Lipinski definition) is 0. The highest BCUT2D eigenvalue weighted by Crippen LogP contribution is 2.21. The number of rotatable bonds is 8. The van der Waals surface area contributed by atoms with Gasteiger partial charge >= 0.3 is 0 Å². The van der Waals surface area contributed by atoms with Gasteiger partial charge in [0.1, 0.15) is 5.76 Å².